The minimum atomic E-state index is 0.0848. The van der Waals surface area contributed by atoms with E-state index in [1.54, 1.807) is 6.07 Å². The number of phenolic OH excluding ortho intramolecular Hbond substituents is 1. The molecule has 0 fully saturated rings. The highest BCUT2D eigenvalue weighted by molar-refractivity contribution is 5.37. The van der Waals surface area contributed by atoms with Crippen LogP contribution in [0.4, 0.5) is 0 Å². The lowest BCUT2D eigenvalue weighted by Crippen LogP contribution is -2.20. The van der Waals surface area contributed by atoms with Crippen molar-refractivity contribution < 1.29 is 5.11 Å². The molecule has 1 unspecified atom stereocenters. The van der Waals surface area contributed by atoms with Gasteiger partial charge >= 0.3 is 0 Å². The number of pyridine rings is 1. The van der Waals surface area contributed by atoms with Gasteiger partial charge in [-0.1, -0.05) is 30.7 Å². The Labute approximate surface area is 120 Å². The Bertz CT molecular complexity index is 581. The number of nitrogens with one attached hydrogen (secondary N) is 1. The first-order valence-corrected chi connectivity index (χ1v) is 7.07. The monoisotopic (exact) mass is 270 g/mol. The predicted molar refractivity (Wildman–Crippen MR) is 81.7 cm³/mol. The molecule has 0 amide bonds. The summed E-state index contributed by atoms with van der Waals surface area (Å²) >= 11 is 0. The van der Waals surface area contributed by atoms with Gasteiger partial charge in [0.2, 0.25) is 0 Å². The summed E-state index contributed by atoms with van der Waals surface area (Å²) in [6, 6.07) is 9.85. The third-order valence-electron chi connectivity index (χ3n) is 3.59. The van der Waals surface area contributed by atoms with Crippen molar-refractivity contribution in [1.29, 1.82) is 0 Å². The van der Waals surface area contributed by atoms with Crippen LogP contribution in [0, 0.1) is 6.92 Å². The normalized spacial score (nSPS) is 12.3. The van der Waals surface area contributed by atoms with E-state index in [-0.39, 0.29) is 6.04 Å². The van der Waals surface area contributed by atoms with E-state index in [1.807, 2.05) is 31.3 Å². The van der Waals surface area contributed by atoms with Gasteiger partial charge in [0.05, 0.1) is 5.69 Å². The van der Waals surface area contributed by atoms with Crippen molar-refractivity contribution in [1.82, 2.24) is 10.3 Å². The Kier molecular flexibility index (Phi) is 4.74. The van der Waals surface area contributed by atoms with E-state index in [1.165, 1.54) is 5.56 Å². The summed E-state index contributed by atoms with van der Waals surface area (Å²) in [6.45, 7) is 6.93. The van der Waals surface area contributed by atoms with Gasteiger partial charge in [0.25, 0.3) is 0 Å². The summed E-state index contributed by atoms with van der Waals surface area (Å²) in [6.07, 6.45) is 2.81. The maximum atomic E-state index is 9.95. The van der Waals surface area contributed by atoms with Crippen molar-refractivity contribution in [2.75, 3.05) is 0 Å². The quantitative estimate of drug-likeness (QED) is 0.874. The first-order chi connectivity index (χ1) is 9.61. The number of hydrogen-bond acceptors (Lipinski definition) is 3. The van der Waals surface area contributed by atoms with Gasteiger partial charge in [0.15, 0.2) is 0 Å². The van der Waals surface area contributed by atoms with Crippen LogP contribution in [-0.2, 0) is 13.0 Å². The summed E-state index contributed by atoms with van der Waals surface area (Å²) in [7, 11) is 0. The molecule has 2 rings (SSSR count). The number of phenols is 1. The highest BCUT2D eigenvalue weighted by atomic mass is 16.3. The molecule has 0 aliphatic heterocycles. The van der Waals surface area contributed by atoms with Gasteiger partial charge in [0, 0.05) is 24.3 Å². The number of benzene rings is 1. The van der Waals surface area contributed by atoms with Crippen LogP contribution in [0.1, 0.15) is 42.3 Å². The van der Waals surface area contributed by atoms with E-state index in [4.69, 9.17) is 0 Å². The zero-order valence-corrected chi connectivity index (χ0v) is 12.4. The molecule has 0 saturated carbocycles. The van der Waals surface area contributed by atoms with Gasteiger partial charge in [-0.25, -0.2) is 0 Å². The van der Waals surface area contributed by atoms with Crippen LogP contribution in [0.2, 0.25) is 0 Å². The number of aromatic hydroxyl groups is 1. The number of aryl methyl sites for hydroxylation is 2. The lowest BCUT2D eigenvalue weighted by Gasteiger charge is -2.17. The summed E-state index contributed by atoms with van der Waals surface area (Å²) in [5.74, 6) is 0.340. The molecule has 0 spiro atoms. The molecule has 0 aliphatic rings. The molecule has 1 aromatic carbocycles. The van der Waals surface area contributed by atoms with Crippen LogP contribution in [0.5, 0.6) is 5.75 Å². The minimum Gasteiger partial charge on any atom is -0.508 e. The van der Waals surface area contributed by atoms with Crippen molar-refractivity contribution in [2.24, 2.45) is 0 Å². The first kappa shape index (κ1) is 14.5. The van der Waals surface area contributed by atoms with E-state index in [2.05, 4.69) is 30.2 Å². The Morgan fingerprint density at radius 3 is 2.85 bits per heavy atom. The van der Waals surface area contributed by atoms with E-state index in [0.29, 0.717) is 12.3 Å². The van der Waals surface area contributed by atoms with Crippen molar-refractivity contribution in [2.45, 2.75) is 39.8 Å². The Morgan fingerprint density at radius 2 is 2.10 bits per heavy atom. The summed E-state index contributed by atoms with van der Waals surface area (Å²) < 4.78 is 0. The van der Waals surface area contributed by atoms with Crippen molar-refractivity contribution in [3.63, 3.8) is 0 Å². The van der Waals surface area contributed by atoms with Crippen LogP contribution >= 0.6 is 0 Å². The maximum absolute atomic E-state index is 9.95. The number of aromatic nitrogens is 1. The Hall–Kier alpha value is -1.87. The molecule has 0 saturated heterocycles. The molecule has 1 atom stereocenters. The SMILES string of the molecule is CCc1cccnc1CNC(C)c1cc(C)ccc1O. The second kappa shape index (κ2) is 6.53. The molecule has 20 heavy (non-hydrogen) atoms. The molecule has 0 radical (unpaired) electrons. The molecular weight excluding hydrogens is 248 g/mol. The average Bonchev–Trinajstić information content (AvgIpc) is 2.47. The van der Waals surface area contributed by atoms with Gasteiger partial charge < -0.3 is 10.4 Å². The fourth-order valence-corrected chi connectivity index (χ4v) is 2.33. The van der Waals surface area contributed by atoms with Gasteiger partial charge in [-0.3, -0.25) is 4.98 Å². The van der Waals surface area contributed by atoms with E-state index >= 15 is 0 Å². The molecule has 106 valence electrons. The van der Waals surface area contributed by atoms with Gasteiger partial charge in [-0.15, -0.1) is 0 Å². The van der Waals surface area contributed by atoms with E-state index in [9.17, 15) is 5.11 Å². The lowest BCUT2D eigenvalue weighted by molar-refractivity contribution is 0.451. The van der Waals surface area contributed by atoms with Crippen LogP contribution in [0.25, 0.3) is 0 Å². The molecule has 0 bridgehead atoms. The minimum absolute atomic E-state index is 0.0848. The summed E-state index contributed by atoms with van der Waals surface area (Å²) in [5.41, 5.74) is 4.42. The van der Waals surface area contributed by atoms with Crippen molar-refractivity contribution >= 4 is 0 Å². The van der Waals surface area contributed by atoms with Crippen LogP contribution < -0.4 is 5.32 Å². The van der Waals surface area contributed by atoms with Crippen LogP contribution in [0.3, 0.4) is 0 Å². The fraction of sp³-hybridized carbons (Fsp3) is 0.353. The predicted octanol–water partition coefficient (Wildman–Crippen LogP) is 3.51. The number of nitrogens with zero attached hydrogens (tertiary/aromatic N) is 1. The van der Waals surface area contributed by atoms with Crippen molar-refractivity contribution in [3.05, 3.63) is 58.9 Å². The van der Waals surface area contributed by atoms with Crippen LogP contribution in [0.15, 0.2) is 36.5 Å². The third kappa shape index (κ3) is 3.36. The Morgan fingerprint density at radius 1 is 1.30 bits per heavy atom. The summed E-state index contributed by atoms with van der Waals surface area (Å²) in [5, 5.41) is 13.4. The smallest absolute Gasteiger partial charge is 0.120 e. The van der Waals surface area contributed by atoms with E-state index in [0.717, 1.165) is 23.2 Å². The molecule has 2 aromatic rings. The molecule has 0 aliphatic carbocycles. The topological polar surface area (TPSA) is 45.2 Å². The molecule has 1 aromatic heterocycles. The molecule has 3 nitrogen and oxygen atoms in total. The standard InChI is InChI=1S/C17H22N2O/c1-4-14-6-5-9-18-16(14)11-19-13(3)15-10-12(2)7-8-17(15)20/h5-10,13,19-20H,4,11H2,1-3H3. The Balaban J connectivity index is 2.08. The molecule has 1 heterocycles. The third-order valence-corrected chi connectivity index (χ3v) is 3.59. The largest absolute Gasteiger partial charge is 0.508 e. The zero-order chi connectivity index (χ0) is 14.5. The maximum Gasteiger partial charge on any atom is 0.120 e. The zero-order valence-electron chi connectivity index (χ0n) is 12.4. The average molecular weight is 270 g/mol. The highest BCUT2D eigenvalue weighted by Crippen LogP contribution is 2.25. The van der Waals surface area contributed by atoms with Gasteiger partial charge in [-0.05, 0) is 38.0 Å². The number of rotatable bonds is 5. The van der Waals surface area contributed by atoms with Gasteiger partial charge in [0.1, 0.15) is 5.75 Å². The second-order valence-corrected chi connectivity index (χ2v) is 5.13. The fourth-order valence-electron chi connectivity index (χ4n) is 2.33. The number of hydrogen-bond donors (Lipinski definition) is 2. The molecule has 2 N–H and O–H groups in total. The first-order valence-electron chi connectivity index (χ1n) is 7.07. The van der Waals surface area contributed by atoms with Crippen LogP contribution in [-0.4, -0.2) is 10.1 Å². The van der Waals surface area contributed by atoms with Gasteiger partial charge in [-0.2, -0.15) is 0 Å². The molecule has 3 heteroatoms. The van der Waals surface area contributed by atoms with E-state index < -0.39 is 0 Å². The lowest BCUT2D eigenvalue weighted by atomic mass is 10.0. The summed E-state index contributed by atoms with van der Waals surface area (Å²) in [4.78, 5) is 4.43. The second-order valence-electron chi connectivity index (χ2n) is 5.13. The van der Waals surface area contributed by atoms with Crippen molar-refractivity contribution in [3.8, 4) is 5.75 Å². The molecular formula is C17H22N2O. The highest BCUT2D eigenvalue weighted by Gasteiger charge is 2.11.